The maximum absolute atomic E-state index is 5.94. The molecule has 0 aromatic heterocycles. The lowest BCUT2D eigenvalue weighted by Crippen LogP contribution is -2.42. The first kappa shape index (κ1) is 14.6. The third kappa shape index (κ3) is 3.49. The maximum Gasteiger partial charge on any atom is 0.0765 e. The monoisotopic (exact) mass is 304 g/mol. The molecule has 0 saturated carbocycles. The molecule has 2 aliphatic rings. The van der Waals surface area contributed by atoms with Crippen LogP contribution in [0.5, 0.6) is 0 Å². The second kappa shape index (κ2) is 6.65. The summed E-state index contributed by atoms with van der Waals surface area (Å²) >= 11 is 5.94. The van der Waals surface area contributed by atoms with E-state index in [0.29, 0.717) is 12.0 Å². The molecule has 1 aliphatic heterocycles. The van der Waals surface area contributed by atoms with Crippen LogP contribution in [-0.4, -0.2) is 32.8 Å². The predicted molar refractivity (Wildman–Crippen MR) is 87.8 cm³/mol. The molecule has 1 aromatic carbocycles. The molecule has 4 heteroatoms. The lowest BCUT2D eigenvalue weighted by Gasteiger charge is -2.31. The fraction of sp³-hybridized carbons (Fsp3) is 0.412. The molecule has 1 saturated heterocycles. The topological polar surface area (TPSA) is 24.5 Å². The Morgan fingerprint density at radius 1 is 1.29 bits per heavy atom. The van der Waals surface area contributed by atoms with Crippen molar-refractivity contribution < 1.29 is 4.74 Å². The summed E-state index contributed by atoms with van der Waals surface area (Å²) in [5.41, 5.74) is 2.36. The summed E-state index contributed by atoms with van der Waals surface area (Å²) in [7, 11) is 2.08. The summed E-state index contributed by atoms with van der Waals surface area (Å²) in [4.78, 5) is 2.18. The smallest absolute Gasteiger partial charge is 0.0765 e. The fourth-order valence-corrected chi connectivity index (χ4v) is 2.95. The molecule has 0 radical (unpaired) electrons. The van der Waals surface area contributed by atoms with Crippen molar-refractivity contribution in [1.82, 2.24) is 5.32 Å². The van der Waals surface area contributed by atoms with Crippen LogP contribution in [0.4, 0.5) is 5.69 Å². The van der Waals surface area contributed by atoms with Gasteiger partial charge in [0.05, 0.1) is 12.7 Å². The molecule has 0 spiro atoms. The van der Waals surface area contributed by atoms with Crippen molar-refractivity contribution in [3.8, 4) is 0 Å². The zero-order chi connectivity index (χ0) is 14.7. The molecule has 0 bridgehead atoms. The van der Waals surface area contributed by atoms with E-state index in [1.165, 1.54) is 5.70 Å². The average Bonchev–Trinajstić information content (AvgIpc) is 2.56. The van der Waals surface area contributed by atoms with Crippen molar-refractivity contribution in [2.24, 2.45) is 5.92 Å². The number of morpholine rings is 1. The zero-order valence-corrected chi connectivity index (χ0v) is 13.0. The van der Waals surface area contributed by atoms with E-state index in [2.05, 4.69) is 35.5 Å². The first-order chi connectivity index (χ1) is 10.2. The molecule has 3 rings (SSSR count). The average molecular weight is 305 g/mol. The molecule has 1 unspecified atom stereocenters. The van der Waals surface area contributed by atoms with E-state index in [0.717, 1.165) is 36.8 Å². The second-order valence-electron chi connectivity index (χ2n) is 5.54. The van der Waals surface area contributed by atoms with Crippen molar-refractivity contribution in [3.63, 3.8) is 0 Å². The number of ether oxygens (including phenoxy) is 1. The molecule has 1 aromatic rings. The highest BCUT2D eigenvalue weighted by Gasteiger charge is 2.23. The van der Waals surface area contributed by atoms with Gasteiger partial charge in [0, 0.05) is 42.5 Å². The van der Waals surface area contributed by atoms with Gasteiger partial charge in [-0.3, -0.25) is 0 Å². The Morgan fingerprint density at radius 2 is 2.10 bits per heavy atom. The van der Waals surface area contributed by atoms with Gasteiger partial charge in [-0.2, -0.15) is 0 Å². The largest absolute Gasteiger partial charge is 0.375 e. The molecule has 1 N–H and O–H groups in total. The first-order valence-corrected chi connectivity index (χ1v) is 7.82. The van der Waals surface area contributed by atoms with Gasteiger partial charge in [0.25, 0.3) is 0 Å². The van der Waals surface area contributed by atoms with E-state index in [1.807, 2.05) is 24.3 Å². The fourth-order valence-electron chi connectivity index (χ4n) is 2.82. The van der Waals surface area contributed by atoms with Crippen molar-refractivity contribution in [2.45, 2.75) is 12.5 Å². The van der Waals surface area contributed by atoms with E-state index >= 15 is 0 Å². The number of halogens is 1. The van der Waals surface area contributed by atoms with Crippen molar-refractivity contribution >= 4 is 17.3 Å². The number of hydrogen-bond donors (Lipinski definition) is 1. The lowest BCUT2D eigenvalue weighted by atomic mass is 9.92. The van der Waals surface area contributed by atoms with Gasteiger partial charge in [0.15, 0.2) is 0 Å². The standard InChI is InChI=1S/C17H21ClN2O/c1-20(16-8-4-14(18)5-9-16)15-6-2-13(3-7-15)17-12-19-10-11-21-17/h2,4-9,13,17,19H,3,10-12H2,1H3/t13?,17-/m1/s1. The maximum atomic E-state index is 5.94. The Morgan fingerprint density at radius 3 is 2.71 bits per heavy atom. The van der Waals surface area contributed by atoms with Gasteiger partial charge in [-0.15, -0.1) is 0 Å². The first-order valence-electron chi connectivity index (χ1n) is 7.44. The van der Waals surface area contributed by atoms with Gasteiger partial charge in [-0.25, -0.2) is 0 Å². The van der Waals surface area contributed by atoms with Gasteiger partial charge in [0.1, 0.15) is 0 Å². The van der Waals surface area contributed by atoms with Crippen LogP contribution in [0.3, 0.4) is 0 Å². The number of benzene rings is 1. The third-order valence-electron chi connectivity index (χ3n) is 4.15. The highest BCUT2D eigenvalue weighted by atomic mass is 35.5. The Hall–Kier alpha value is -1.29. The normalized spacial score (nSPS) is 25.5. The highest BCUT2D eigenvalue weighted by molar-refractivity contribution is 6.30. The Balaban J connectivity index is 1.64. The highest BCUT2D eigenvalue weighted by Crippen LogP contribution is 2.27. The quantitative estimate of drug-likeness (QED) is 0.928. The van der Waals surface area contributed by atoms with E-state index in [1.54, 1.807) is 0 Å². The second-order valence-corrected chi connectivity index (χ2v) is 5.97. The molecule has 1 aliphatic carbocycles. The van der Waals surface area contributed by atoms with Crippen LogP contribution in [-0.2, 0) is 4.74 Å². The van der Waals surface area contributed by atoms with Crippen molar-refractivity contribution in [2.75, 3.05) is 31.6 Å². The van der Waals surface area contributed by atoms with Crippen LogP contribution >= 0.6 is 11.6 Å². The van der Waals surface area contributed by atoms with Crippen LogP contribution in [0.1, 0.15) is 6.42 Å². The minimum Gasteiger partial charge on any atom is -0.375 e. The minimum atomic E-state index is 0.300. The van der Waals surface area contributed by atoms with E-state index in [-0.39, 0.29) is 0 Å². The van der Waals surface area contributed by atoms with Crippen LogP contribution in [0.25, 0.3) is 0 Å². The van der Waals surface area contributed by atoms with Gasteiger partial charge in [-0.05, 0) is 36.8 Å². The predicted octanol–water partition coefficient (Wildman–Crippen LogP) is 3.22. The summed E-state index contributed by atoms with van der Waals surface area (Å²) < 4.78 is 5.84. The third-order valence-corrected chi connectivity index (χ3v) is 4.40. The molecule has 112 valence electrons. The van der Waals surface area contributed by atoms with Crippen molar-refractivity contribution in [1.29, 1.82) is 0 Å². The van der Waals surface area contributed by atoms with E-state index < -0.39 is 0 Å². The number of likely N-dealkylation sites (N-methyl/N-ethyl adjacent to an activating group) is 1. The minimum absolute atomic E-state index is 0.300. The van der Waals surface area contributed by atoms with Crippen LogP contribution in [0, 0.1) is 5.92 Å². The van der Waals surface area contributed by atoms with Gasteiger partial charge in [0.2, 0.25) is 0 Å². The zero-order valence-electron chi connectivity index (χ0n) is 12.3. The Bertz CT molecular complexity index is 532. The number of anilines is 1. The van der Waals surface area contributed by atoms with Gasteiger partial charge < -0.3 is 15.0 Å². The summed E-state index contributed by atoms with van der Waals surface area (Å²) in [5.74, 6) is 0.472. The molecule has 21 heavy (non-hydrogen) atoms. The van der Waals surface area contributed by atoms with Crippen LogP contribution in [0.15, 0.2) is 48.2 Å². The molecule has 3 nitrogen and oxygen atoms in total. The number of hydrogen-bond acceptors (Lipinski definition) is 3. The summed E-state index contributed by atoms with van der Waals surface area (Å²) in [5, 5.41) is 4.16. The van der Waals surface area contributed by atoms with Crippen LogP contribution in [0.2, 0.25) is 5.02 Å². The van der Waals surface area contributed by atoms with Gasteiger partial charge in [-0.1, -0.05) is 23.8 Å². The molecule has 2 atom stereocenters. The lowest BCUT2D eigenvalue weighted by molar-refractivity contribution is 0.00353. The van der Waals surface area contributed by atoms with Gasteiger partial charge >= 0.3 is 0 Å². The molecular formula is C17H21ClN2O. The number of nitrogens with zero attached hydrogens (tertiary/aromatic N) is 1. The Labute approximate surface area is 131 Å². The molecular weight excluding hydrogens is 284 g/mol. The summed E-state index contributed by atoms with van der Waals surface area (Å²) in [6, 6.07) is 7.92. The van der Waals surface area contributed by atoms with Crippen LogP contribution < -0.4 is 10.2 Å². The van der Waals surface area contributed by atoms with E-state index in [9.17, 15) is 0 Å². The SMILES string of the molecule is CN(C1=CCC([C@H]2CNCCO2)C=C1)c1ccc(Cl)cc1. The number of rotatable bonds is 3. The molecule has 1 heterocycles. The molecule has 0 amide bonds. The number of allylic oxidation sites excluding steroid dienone is 2. The summed E-state index contributed by atoms with van der Waals surface area (Å²) in [6.07, 6.45) is 8.08. The Kier molecular flexibility index (Phi) is 4.63. The summed E-state index contributed by atoms with van der Waals surface area (Å²) in [6.45, 7) is 2.73. The molecule has 1 fully saturated rings. The number of nitrogens with one attached hydrogen (secondary N) is 1. The van der Waals surface area contributed by atoms with Crippen molar-refractivity contribution in [3.05, 3.63) is 53.2 Å². The van der Waals surface area contributed by atoms with E-state index in [4.69, 9.17) is 16.3 Å².